The van der Waals surface area contributed by atoms with E-state index in [0.717, 1.165) is 212 Å². The minimum absolute atomic E-state index is 0.0582. The summed E-state index contributed by atoms with van der Waals surface area (Å²) in [5.41, 5.74) is 24.1. The highest BCUT2D eigenvalue weighted by Crippen LogP contribution is 2.35. The molecule has 2 atom stereocenters. The number of hydrogen-bond acceptors (Lipinski definition) is 24. The third kappa shape index (κ3) is 17.8. The van der Waals surface area contributed by atoms with E-state index < -0.39 is 0 Å². The largest absolute Gasteiger partial charge is 0.383 e. The summed E-state index contributed by atoms with van der Waals surface area (Å²) in [5, 5.41) is 20.7. The van der Waals surface area contributed by atoms with Crippen molar-refractivity contribution in [3.63, 3.8) is 0 Å². The minimum atomic E-state index is -0.136. The Morgan fingerprint density at radius 3 is 1.50 bits per heavy atom. The van der Waals surface area contributed by atoms with Crippen molar-refractivity contribution in [1.82, 2.24) is 110 Å². The molecular weight excluding hydrogens is 1580 g/mol. The normalized spacial score (nSPS) is 16.3. The molecule has 4 saturated heterocycles. The molecule has 2 N–H and O–H groups in total. The fourth-order valence-electron chi connectivity index (χ4n) is 17.6. The van der Waals surface area contributed by atoms with Crippen molar-refractivity contribution in [1.29, 1.82) is 0 Å². The van der Waals surface area contributed by atoms with Crippen LogP contribution in [0.15, 0.2) is 166 Å². The molecule has 20 heterocycles. The zero-order valence-electron chi connectivity index (χ0n) is 73.8. The van der Waals surface area contributed by atoms with E-state index in [-0.39, 0.29) is 27.8 Å². The topological polar surface area (TPSA) is 298 Å². The summed E-state index contributed by atoms with van der Waals surface area (Å²) in [6.07, 6.45) is 23.2. The third-order valence-corrected chi connectivity index (χ3v) is 24.2. The number of aromatic nitrogens is 19. The highest BCUT2D eigenvalue weighted by molar-refractivity contribution is 5.72. The molecule has 32 heteroatoms. The van der Waals surface area contributed by atoms with Gasteiger partial charge in [-0.3, -0.25) is 61.5 Å². The van der Waals surface area contributed by atoms with Crippen LogP contribution in [0.2, 0.25) is 0 Å². The van der Waals surface area contributed by atoms with E-state index in [4.69, 9.17) is 19.7 Å². The van der Waals surface area contributed by atoms with Gasteiger partial charge < -0.3 is 39.4 Å². The number of pyridine rings is 5. The number of aryl methyl sites for hydroxylation is 9. The van der Waals surface area contributed by atoms with Crippen LogP contribution in [-0.4, -0.2) is 242 Å². The van der Waals surface area contributed by atoms with Gasteiger partial charge in [0.15, 0.2) is 0 Å². The van der Waals surface area contributed by atoms with E-state index in [1.165, 1.54) is 31.5 Å². The maximum atomic E-state index is 13.1. The second kappa shape index (κ2) is 35.3. The maximum Gasteiger partial charge on any atom is 0.258 e. The lowest BCUT2D eigenvalue weighted by atomic mass is 9.95. The van der Waals surface area contributed by atoms with Crippen LogP contribution < -0.4 is 42.7 Å². The van der Waals surface area contributed by atoms with Crippen LogP contribution in [0.1, 0.15) is 97.9 Å². The Morgan fingerprint density at radius 1 is 0.456 bits per heavy atom. The number of rotatable bonds is 18. The monoisotopic (exact) mass is 1680 g/mol. The van der Waals surface area contributed by atoms with Crippen molar-refractivity contribution in [3.05, 3.63) is 239 Å². The Labute approximate surface area is 723 Å². The molecule has 0 bridgehead atoms. The molecule has 0 radical (unpaired) electrons. The zero-order chi connectivity index (χ0) is 87.2. The van der Waals surface area contributed by atoms with E-state index in [1.54, 1.807) is 42.1 Å². The molecule has 20 rings (SSSR count). The number of anilines is 4. The molecule has 4 aliphatic heterocycles. The first-order chi connectivity index (χ1) is 60.3. The maximum absolute atomic E-state index is 13.1. The lowest BCUT2D eigenvalue weighted by Gasteiger charge is -2.46. The van der Waals surface area contributed by atoms with Crippen LogP contribution in [-0.2, 0) is 24.0 Å². The molecule has 125 heavy (non-hydrogen) atoms. The first-order valence-electron chi connectivity index (χ1n) is 43.3. The molecule has 0 spiro atoms. The third-order valence-electron chi connectivity index (χ3n) is 24.2. The molecule has 0 unspecified atom stereocenters. The fraction of sp³-hybridized carbons (Fsp3) is 0.387. The summed E-state index contributed by atoms with van der Waals surface area (Å²) >= 11 is 0. The molecule has 4 fully saturated rings. The van der Waals surface area contributed by atoms with Crippen molar-refractivity contribution < 1.29 is 4.74 Å². The summed E-state index contributed by atoms with van der Waals surface area (Å²) in [6, 6.07) is 28.5. The second-order valence-electron chi connectivity index (χ2n) is 34.0. The molecular formula is C93H109N27O5. The van der Waals surface area contributed by atoms with Gasteiger partial charge in [0.05, 0.1) is 134 Å². The van der Waals surface area contributed by atoms with Gasteiger partial charge in [0, 0.05) is 151 Å². The average molecular weight is 1690 g/mol. The van der Waals surface area contributed by atoms with Gasteiger partial charge in [0.2, 0.25) is 0 Å². The number of fused-ring (bicyclic) bond motifs is 9. The number of imidazole rings is 1. The molecule has 0 aliphatic carbocycles. The highest BCUT2D eigenvalue weighted by atomic mass is 16.5. The quantitative estimate of drug-likeness (QED) is 0.0807. The van der Waals surface area contributed by atoms with Crippen molar-refractivity contribution >= 4 is 67.5 Å². The van der Waals surface area contributed by atoms with Crippen LogP contribution in [0.3, 0.4) is 0 Å². The predicted octanol–water partition coefficient (Wildman–Crippen LogP) is 10.3. The SMILES string of the molecule is CCc1nc(C)cn2nc(-c3cc(=O)n4cc(N5CC[C@@H](N(C)C)C5)cc(C)c4n3)cc12.CCc1nc(C)cn2nc(-c3cc(=O)n4cc(NCCN(C)C)ccc4n3)cc12.CCc1nc(C)cn2nc(-c3cc(=O)n4cc(NCCN5CCOCC5)ccc4n3)cc12.Cc1cn2cc(-c3cc(=O)n4cc(N5CCN6CCC[C@@]6(C)C5)ccc4n3)cc(C)c2n1. The summed E-state index contributed by atoms with van der Waals surface area (Å²) < 4.78 is 19.3. The molecule has 0 saturated carbocycles. The van der Waals surface area contributed by atoms with Gasteiger partial charge >= 0.3 is 0 Å². The highest BCUT2D eigenvalue weighted by Gasteiger charge is 2.41. The van der Waals surface area contributed by atoms with E-state index in [1.807, 2.05) is 165 Å². The lowest BCUT2D eigenvalue weighted by molar-refractivity contribution is 0.0398. The predicted molar refractivity (Wildman–Crippen MR) is 491 cm³/mol. The van der Waals surface area contributed by atoms with Crippen LogP contribution in [0.25, 0.3) is 90.2 Å². The Kier molecular flexibility index (Phi) is 23.8. The molecule has 32 nitrogen and oxygen atoms in total. The van der Waals surface area contributed by atoms with E-state index >= 15 is 0 Å². The van der Waals surface area contributed by atoms with Crippen LogP contribution in [0, 0.1) is 41.5 Å². The van der Waals surface area contributed by atoms with Crippen LogP contribution in [0.4, 0.5) is 22.7 Å². The van der Waals surface area contributed by atoms with Gasteiger partial charge in [-0.25, -0.2) is 38.5 Å². The van der Waals surface area contributed by atoms with Gasteiger partial charge in [-0.15, -0.1) is 0 Å². The van der Waals surface area contributed by atoms with Crippen molar-refractivity contribution in [2.75, 3.05) is 140 Å². The molecule has 4 aliphatic rings. The number of piperazine rings is 1. The molecule has 646 valence electrons. The van der Waals surface area contributed by atoms with E-state index in [9.17, 15) is 19.2 Å². The Morgan fingerprint density at radius 2 is 0.952 bits per heavy atom. The Hall–Kier alpha value is -13.0. The minimum Gasteiger partial charge on any atom is -0.383 e. The summed E-state index contributed by atoms with van der Waals surface area (Å²) in [6.45, 7) is 33.7. The standard InChI is InChI=1S/C25H28N6O.C24H29N7O.C23H27N7O2.C21H25N7O/c1-17-11-19(14-29-13-18(2)26-24(17)29)21-12-23(32)31-15-20(5-6-22(31)27-21)28-9-10-30-8-4-7-25(30,3)16-28;1-6-19-22-10-21(27-31(22)12-16(3)25-19)20-11-23(32)30-14-18(9-15(2)24(30)26-20)29-8-7-17(13-29)28(4)5;1-3-18-21-12-20(27-30(21)14-16(2)25-18)19-13-23(31)29-15-17(4-5-22(29)26-19)24-6-7-28-8-10-32-11-9-28;1-5-16-19-10-18(25-28(19)12-14(2)23-16)17-11-21(29)27-13-15(6-7-20(27)24-17)22-8-9-26(3)4/h5-6,11-15H,4,7-10,16H2,1-3H3;9-12,14,17H,6-8,13H2,1-5H3;4-5,12-15,24H,3,6-11H2,1-2H3;6-7,10-13,22H,5,8-9H2,1-4H3/t25-;17-;;/m01../s1. The number of likely N-dealkylation sites (N-methyl/N-ethyl adjacent to an activating group) is 2. The van der Waals surface area contributed by atoms with Gasteiger partial charge in [-0.05, 0) is 200 Å². The summed E-state index contributed by atoms with van der Waals surface area (Å²) in [5.74, 6) is 0. The summed E-state index contributed by atoms with van der Waals surface area (Å²) in [4.78, 5) is 103. The first-order valence-corrected chi connectivity index (χ1v) is 43.3. The number of nitrogens with zero attached hydrogens (tertiary/aromatic N) is 25. The first kappa shape index (κ1) is 84.2. The van der Waals surface area contributed by atoms with Gasteiger partial charge in [-0.1, -0.05) is 20.8 Å². The summed E-state index contributed by atoms with van der Waals surface area (Å²) in [7, 11) is 8.29. The molecule has 16 aromatic rings. The van der Waals surface area contributed by atoms with E-state index in [0.29, 0.717) is 68.5 Å². The lowest BCUT2D eigenvalue weighted by Crippen LogP contribution is -2.57. The second-order valence-corrected chi connectivity index (χ2v) is 34.0. The molecule has 16 aromatic heterocycles. The van der Waals surface area contributed by atoms with Gasteiger partial charge in [0.1, 0.15) is 45.3 Å². The zero-order valence-corrected chi connectivity index (χ0v) is 73.8. The average Bonchev–Trinajstić information content (AvgIpc) is 1.74. The smallest absolute Gasteiger partial charge is 0.258 e. The van der Waals surface area contributed by atoms with Crippen molar-refractivity contribution in [2.45, 2.75) is 119 Å². The van der Waals surface area contributed by atoms with Crippen molar-refractivity contribution in [2.24, 2.45) is 0 Å². The van der Waals surface area contributed by atoms with Crippen molar-refractivity contribution in [3.8, 4) is 45.4 Å². The fourth-order valence-corrected chi connectivity index (χ4v) is 17.6. The number of ether oxygens (including phenoxy) is 1. The van der Waals surface area contributed by atoms with Crippen LogP contribution >= 0.6 is 0 Å². The Balaban J connectivity index is 0.000000118. The van der Waals surface area contributed by atoms with Crippen LogP contribution in [0.5, 0.6) is 0 Å². The molecule has 0 aromatic carbocycles. The van der Waals surface area contributed by atoms with E-state index in [2.05, 4.69) is 140 Å². The van der Waals surface area contributed by atoms with Gasteiger partial charge in [0.25, 0.3) is 22.2 Å². The molecule has 0 amide bonds. The number of nitrogens with one attached hydrogen (secondary N) is 2. The number of hydrogen-bond donors (Lipinski definition) is 2. The Bertz CT molecular complexity index is 7030. The number of morpholine rings is 1. The van der Waals surface area contributed by atoms with Gasteiger partial charge in [-0.2, -0.15) is 15.3 Å².